The molecule has 2 aromatic rings. The first-order valence-corrected chi connectivity index (χ1v) is 5.62. The van der Waals surface area contributed by atoms with E-state index in [1.165, 1.54) is 11.3 Å². The van der Waals surface area contributed by atoms with Crippen LogP contribution in [0.1, 0.15) is 0 Å². The Morgan fingerprint density at radius 2 is 2.23 bits per heavy atom. The van der Waals surface area contributed by atoms with Crippen molar-refractivity contribution in [3.8, 4) is 11.5 Å². The summed E-state index contributed by atoms with van der Waals surface area (Å²) in [5, 5.41) is 12.2. The molecular weight excluding hydrogens is 299 g/mol. The predicted octanol–water partition coefficient (Wildman–Crippen LogP) is 3.22. The van der Waals surface area contributed by atoms with Crippen LogP contribution in [0.2, 0.25) is 0 Å². The van der Waals surface area contributed by atoms with Crippen LogP contribution in [0.4, 0.5) is 0 Å². The minimum absolute atomic E-state index is 0.336. The molecule has 0 aliphatic heterocycles. The third kappa shape index (κ3) is 1.38. The Hall–Kier alpha value is -0.490. The Kier molecular flexibility index (Phi) is 2.33. The van der Waals surface area contributed by atoms with Crippen LogP contribution in [0, 0.1) is 3.57 Å². The van der Waals surface area contributed by atoms with Crippen molar-refractivity contribution in [3.63, 3.8) is 0 Å². The van der Waals surface area contributed by atoms with E-state index in [0.29, 0.717) is 5.75 Å². The fourth-order valence-corrected chi connectivity index (χ4v) is 3.09. The quantitative estimate of drug-likeness (QED) is 0.820. The first kappa shape index (κ1) is 9.08. The summed E-state index contributed by atoms with van der Waals surface area (Å²) in [4.78, 5) is 0. The van der Waals surface area contributed by atoms with Gasteiger partial charge >= 0.3 is 0 Å². The lowest BCUT2D eigenvalue weighted by Crippen LogP contribution is -1.83. The lowest BCUT2D eigenvalue weighted by Gasteiger charge is -2.02. The standard InChI is InChI=1S/C9H7IO2S/c1-12-7-3-2-5(10)8-6(11)4-13-9(7)8/h2-4,11H,1H3. The van der Waals surface area contributed by atoms with Crippen molar-refractivity contribution >= 4 is 44.0 Å². The van der Waals surface area contributed by atoms with Gasteiger partial charge in [-0.25, -0.2) is 0 Å². The van der Waals surface area contributed by atoms with Gasteiger partial charge in [-0.2, -0.15) is 0 Å². The minimum atomic E-state index is 0.336. The number of thiophene rings is 1. The molecule has 1 aromatic carbocycles. The number of methoxy groups -OCH3 is 1. The second kappa shape index (κ2) is 3.34. The first-order chi connectivity index (χ1) is 6.24. The highest BCUT2D eigenvalue weighted by atomic mass is 127. The summed E-state index contributed by atoms with van der Waals surface area (Å²) in [5.74, 6) is 1.16. The summed E-state index contributed by atoms with van der Waals surface area (Å²) in [6.07, 6.45) is 0. The zero-order valence-corrected chi connectivity index (χ0v) is 9.85. The normalized spacial score (nSPS) is 10.6. The van der Waals surface area contributed by atoms with E-state index in [9.17, 15) is 5.11 Å². The smallest absolute Gasteiger partial charge is 0.136 e. The topological polar surface area (TPSA) is 29.5 Å². The van der Waals surface area contributed by atoms with E-state index in [1.54, 1.807) is 12.5 Å². The van der Waals surface area contributed by atoms with Crippen LogP contribution in [0.5, 0.6) is 11.5 Å². The third-order valence-electron chi connectivity index (χ3n) is 1.84. The molecule has 0 saturated heterocycles. The van der Waals surface area contributed by atoms with Crippen molar-refractivity contribution in [3.05, 3.63) is 21.1 Å². The highest BCUT2D eigenvalue weighted by Gasteiger charge is 2.10. The van der Waals surface area contributed by atoms with E-state index >= 15 is 0 Å². The Labute approximate surface area is 93.3 Å². The van der Waals surface area contributed by atoms with Crippen molar-refractivity contribution < 1.29 is 9.84 Å². The molecule has 0 atom stereocenters. The largest absolute Gasteiger partial charge is 0.506 e. The van der Waals surface area contributed by atoms with Gasteiger partial charge in [0.15, 0.2) is 0 Å². The number of rotatable bonds is 1. The maximum atomic E-state index is 9.56. The molecule has 2 nitrogen and oxygen atoms in total. The fourth-order valence-electron chi connectivity index (χ4n) is 1.23. The van der Waals surface area contributed by atoms with Crippen molar-refractivity contribution in [2.75, 3.05) is 7.11 Å². The molecule has 0 bridgehead atoms. The van der Waals surface area contributed by atoms with Gasteiger partial charge in [-0.05, 0) is 34.7 Å². The SMILES string of the molecule is COc1ccc(I)c2c(O)csc12. The number of halogens is 1. The number of hydrogen-bond acceptors (Lipinski definition) is 3. The molecule has 68 valence electrons. The summed E-state index contributed by atoms with van der Waals surface area (Å²) in [5.41, 5.74) is 0. The molecule has 0 radical (unpaired) electrons. The lowest BCUT2D eigenvalue weighted by molar-refractivity contribution is 0.420. The van der Waals surface area contributed by atoms with Crippen molar-refractivity contribution in [1.29, 1.82) is 0 Å². The molecule has 1 N–H and O–H groups in total. The molecule has 1 heterocycles. The predicted molar refractivity (Wildman–Crippen MR) is 62.8 cm³/mol. The molecule has 4 heteroatoms. The zero-order chi connectivity index (χ0) is 9.42. The van der Waals surface area contributed by atoms with Gasteiger partial charge in [0, 0.05) is 8.95 Å². The Balaban J connectivity index is 2.87. The molecule has 0 amide bonds. The monoisotopic (exact) mass is 306 g/mol. The van der Waals surface area contributed by atoms with Gasteiger partial charge in [-0.3, -0.25) is 0 Å². The number of benzene rings is 1. The van der Waals surface area contributed by atoms with Gasteiger partial charge in [0.05, 0.1) is 17.2 Å². The van der Waals surface area contributed by atoms with Gasteiger partial charge in [-0.1, -0.05) is 0 Å². The van der Waals surface area contributed by atoms with Crippen LogP contribution in [0.25, 0.3) is 10.1 Å². The Morgan fingerprint density at radius 1 is 1.46 bits per heavy atom. The number of aromatic hydroxyl groups is 1. The van der Waals surface area contributed by atoms with E-state index in [-0.39, 0.29) is 0 Å². The highest BCUT2D eigenvalue weighted by molar-refractivity contribution is 14.1. The van der Waals surface area contributed by atoms with Crippen LogP contribution in [0.3, 0.4) is 0 Å². The van der Waals surface area contributed by atoms with Crippen molar-refractivity contribution in [2.24, 2.45) is 0 Å². The summed E-state index contributed by atoms with van der Waals surface area (Å²) in [6, 6.07) is 3.86. The number of fused-ring (bicyclic) bond motifs is 1. The van der Waals surface area contributed by atoms with E-state index < -0.39 is 0 Å². The van der Waals surface area contributed by atoms with Gasteiger partial charge in [-0.15, -0.1) is 11.3 Å². The first-order valence-electron chi connectivity index (χ1n) is 3.66. The maximum absolute atomic E-state index is 9.56. The van der Waals surface area contributed by atoms with Gasteiger partial charge in [0.1, 0.15) is 11.5 Å². The maximum Gasteiger partial charge on any atom is 0.136 e. The van der Waals surface area contributed by atoms with Gasteiger partial charge < -0.3 is 9.84 Å². The fraction of sp³-hybridized carbons (Fsp3) is 0.111. The molecule has 0 saturated carbocycles. The van der Waals surface area contributed by atoms with Gasteiger partial charge in [0.25, 0.3) is 0 Å². The Bertz CT molecular complexity index is 450. The zero-order valence-electron chi connectivity index (χ0n) is 6.87. The minimum Gasteiger partial charge on any atom is -0.506 e. The van der Waals surface area contributed by atoms with Crippen LogP contribution >= 0.6 is 33.9 Å². The molecular formula is C9H7IO2S. The van der Waals surface area contributed by atoms with Crippen LogP contribution in [-0.2, 0) is 0 Å². The molecule has 0 fully saturated rings. The van der Waals surface area contributed by atoms with Crippen molar-refractivity contribution in [1.82, 2.24) is 0 Å². The number of ether oxygens (including phenoxy) is 1. The van der Waals surface area contributed by atoms with Crippen LogP contribution in [-0.4, -0.2) is 12.2 Å². The molecule has 2 rings (SSSR count). The van der Waals surface area contributed by atoms with Crippen LogP contribution in [0.15, 0.2) is 17.5 Å². The second-order valence-electron chi connectivity index (χ2n) is 2.57. The van der Waals surface area contributed by atoms with Crippen molar-refractivity contribution in [2.45, 2.75) is 0 Å². The molecule has 1 aromatic heterocycles. The van der Waals surface area contributed by atoms with E-state index in [1.807, 2.05) is 12.1 Å². The number of hydrogen-bond donors (Lipinski definition) is 1. The molecule has 0 aliphatic rings. The van der Waals surface area contributed by atoms with E-state index in [0.717, 1.165) is 19.4 Å². The second-order valence-corrected chi connectivity index (χ2v) is 4.62. The van der Waals surface area contributed by atoms with E-state index in [4.69, 9.17) is 4.74 Å². The van der Waals surface area contributed by atoms with Gasteiger partial charge in [0.2, 0.25) is 0 Å². The average molecular weight is 306 g/mol. The summed E-state index contributed by atoms with van der Waals surface area (Å²) in [7, 11) is 1.64. The Morgan fingerprint density at radius 3 is 2.92 bits per heavy atom. The van der Waals surface area contributed by atoms with Crippen LogP contribution < -0.4 is 4.74 Å². The summed E-state index contributed by atoms with van der Waals surface area (Å²) < 4.78 is 7.25. The molecule has 0 unspecified atom stereocenters. The lowest BCUT2D eigenvalue weighted by atomic mass is 10.2. The molecule has 0 aliphatic carbocycles. The molecule has 13 heavy (non-hydrogen) atoms. The highest BCUT2D eigenvalue weighted by Crippen LogP contribution is 2.39. The molecule has 0 spiro atoms. The van der Waals surface area contributed by atoms with E-state index in [2.05, 4.69) is 22.6 Å². The average Bonchev–Trinajstić information content (AvgIpc) is 2.50. The summed E-state index contributed by atoms with van der Waals surface area (Å²) in [6.45, 7) is 0. The third-order valence-corrected chi connectivity index (χ3v) is 3.72. The summed E-state index contributed by atoms with van der Waals surface area (Å²) >= 11 is 3.70.